The van der Waals surface area contributed by atoms with Crippen LogP contribution in [0.1, 0.15) is 52.4 Å². The number of anilines is 1. The topological polar surface area (TPSA) is 164 Å². The minimum atomic E-state index is -2.02. The zero-order valence-corrected chi connectivity index (χ0v) is 32.5. The molecule has 6 unspecified atom stereocenters. The average molecular weight is 800 g/mol. The van der Waals surface area contributed by atoms with Crippen molar-refractivity contribution < 1.29 is 48.3 Å². The van der Waals surface area contributed by atoms with Crippen molar-refractivity contribution in [3.8, 4) is 17.6 Å². The number of methoxy groups -OCH3 is 1. The largest absolute Gasteiger partial charge is 0.491 e. The molecule has 3 aliphatic rings. The van der Waals surface area contributed by atoms with Gasteiger partial charge in [-0.1, -0.05) is 90.7 Å². The number of morpholine rings is 1. The van der Waals surface area contributed by atoms with Gasteiger partial charge >= 0.3 is 12.1 Å². The Labute approximate surface area is 342 Å². The van der Waals surface area contributed by atoms with E-state index in [1.807, 2.05) is 65.6 Å². The number of carbonyl (C=O) groups excluding carboxylic acids is 4. The number of hydrogen-bond donors (Lipinski definition) is 3. The van der Waals surface area contributed by atoms with Gasteiger partial charge in [-0.15, -0.1) is 6.58 Å². The third-order valence-electron chi connectivity index (χ3n) is 10.9. The summed E-state index contributed by atoms with van der Waals surface area (Å²) in [6, 6.07) is 27.2. The zero-order chi connectivity index (χ0) is 41.5. The van der Waals surface area contributed by atoms with Crippen LogP contribution in [0, 0.1) is 17.8 Å². The van der Waals surface area contributed by atoms with Crippen LogP contribution in [0.4, 0.5) is 10.5 Å². The molecule has 59 heavy (non-hydrogen) atoms. The van der Waals surface area contributed by atoms with Gasteiger partial charge in [0.1, 0.15) is 36.5 Å². The van der Waals surface area contributed by atoms with Gasteiger partial charge in [-0.25, -0.2) is 9.69 Å². The number of carbonyl (C=O) groups is 4. The maximum absolute atomic E-state index is 16.0. The highest BCUT2D eigenvalue weighted by atomic mass is 16.6. The Morgan fingerprint density at radius 2 is 1.61 bits per heavy atom. The molecule has 3 aliphatic heterocycles. The molecule has 4 aromatic rings. The molecule has 1 spiro atoms. The van der Waals surface area contributed by atoms with E-state index < -0.39 is 59.4 Å². The highest BCUT2D eigenvalue weighted by Gasteiger charge is 2.75. The minimum Gasteiger partial charge on any atom is -0.491 e. The number of fused-ring (bicyclic) bond motifs is 3. The quantitative estimate of drug-likeness (QED) is 0.0753. The predicted octanol–water partition coefficient (Wildman–Crippen LogP) is 4.54. The van der Waals surface area contributed by atoms with E-state index in [9.17, 15) is 15.0 Å². The fourth-order valence-corrected chi connectivity index (χ4v) is 8.68. The number of aliphatic hydroxyl groups is 2. The second-order valence-electron chi connectivity index (χ2n) is 14.2. The Hall–Kier alpha value is -6.30. The highest BCUT2D eigenvalue weighted by Crippen LogP contribution is 2.66. The lowest BCUT2D eigenvalue weighted by Crippen LogP contribution is -2.55. The van der Waals surface area contributed by atoms with E-state index in [-0.39, 0.29) is 57.3 Å². The minimum absolute atomic E-state index is 0.00752. The summed E-state index contributed by atoms with van der Waals surface area (Å²) in [6.45, 7) is 3.22. The first kappa shape index (κ1) is 40.9. The lowest BCUT2D eigenvalue weighted by atomic mass is 9.65. The molecule has 7 rings (SSSR count). The molecule has 0 aromatic heterocycles. The number of hydrogen-bond acceptors (Lipinski definition) is 11. The monoisotopic (exact) mass is 799 g/mol. The number of aliphatic hydroxyl groups excluding tert-OH is 2. The van der Waals surface area contributed by atoms with Crippen molar-refractivity contribution >= 4 is 29.6 Å². The van der Waals surface area contributed by atoms with Gasteiger partial charge in [-0.3, -0.25) is 19.3 Å². The second-order valence-corrected chi connectivity index (χ2v) is 14.2. The van der Waals surface area contributed by atoms with E-state index in [0.717, 1.165) is 10.5 Å². The van der Waals surface area contributed by atoms with Gasteiger partial charge in [0.2, 0.25) is 11.8 Å². The van der Waals surface area contributed by atoms with Gasteiger partial charge in [-0.05, 0) is 52.6 Å². The Balaban J connectivity index is 1.59. The number of ether oxygens (including phenoxy) is 4. The summed E-state index contributed by atoms with van der Waals surface area (Å²) in [5, 5.41) is 22.1. The Kier molecular flexibility index (Phi) is 12.5. The van der Waals surface area contributed by atoms with Crippen molar-refractivity contribution in [3.63, 3.8) is 0 Å². The lowest BCUT2D eigenvalue weighted by molar-refractivity contribution is -0.178. The van der Waals surface area contributed by atoms with E-state index in [2.05, 4.69) is 23.7 Å². The molecule has 6 atom stereocenters. The van der Waals surface area contributed by atoms with Crippen molar-refractivity contribution in [2.24, 2.45) is 5.92 Å². The van der Waals surface area contributed by atoms with E-state index >= 15 is 14.4 Å². The van der Waals surface area contributed by atoms with Crippen LogP contribution >= 0.6 is 0 Å². The highest BCUT2D eigenvalue weighted by molar-refractivity contribution is 6.23. The van der Waals surface area contributed by atoms with Crippen LogP contribution in [0.15, 0.2) is 116 Å². The van der Waals surface area contributed by atoms with E-state index in [1.165, 1.54) is 13.2 Å². The summed E-state index contributed by atoms with van der Waals surface area (Å²) < 4.78 is 23.1. The first-order chi connectivity index (χ1) is 28.8. The zero-order valence-electron chi connectivity index (χ0n) is 32.5. The number of nitrogens with zero attached hydrogens (tertiary/aromatic N) is 2. The number of nitrogens with one attached hydrogen (secondary N) is 1. The van der Waals surface area contributed by atoms with E-state index in [1.54, 1.807) is 42.5 Å². The fourth-order valence-electron chi connectivity index (χ4n) is 8.68. The van der Waals surface area contributed by atoms with Crippen LogP contribution in [-0.4, -0.2) is 91.7 Å². The van der Waals surface area contributed by atoms with Crippen LogP contribution in [0.3, 0.4) is 0 Å². The molecule has 4 aromatic carbocycles. The van der Waals surface area contributed by atoms with Gasteiger partial charge in [0.25, 0.3) is 0 Å². The summed E-state index contributed by atoms with van der Waals surface area (Å²) in [5.74, 6) is 2.64. The van der Waals surface area contributed by atoms with E-state index in [4.69, 9.17) is 18.9 Å². The molecule has 0 aliphatic carbocycles. The lowest BCUT2D eigenvalue weighted by Gasteiger charge is -2.46. The third-order valence-corrected chi connectivity index (χ3v) is 10.9. The normalized spacial score (nSPS) is 23.1. The van der Waals surface area contributed by atoms with Crippen LogP contribution < -0.4 is 15.0 Å². The SMILES string of the molecule is C=CCNC(=O)C1C2C(=O)OC(c3ccccc3)C(c3ccccc3)N2C(c2cccc(OCCO)c2)C12C(=O)N(C(=O)OCCOC)c1ccc(C#CCCO)cc12. The summed E-state index contributed by atoms with van der Waals surface area (Å²) in [7, 11) is 1.45. The Morgan fingerprint density at radius 1 is 0.881 bits per heavy atom. The van der Waals surface area contributed by atoms with Crippen molar-refractivity contribution in [1.82, 2.24) is 10.2 Å². The summed E-state index contributed by atoms with van der Waals surface area (Å²) in [6.07, 6.45) is -0.238. The van der Waals surface area contributed by atoms with Crippen molar-refractivity contribution in [2.45, 2.75) is 36.1 Å². The summed E-state index contributed by atoms with van der Waals surface area (Å²) in [4.78, 5) is 63.1. The molecule has 0 radical (unpaired) electrons. The molecule has 13 heteroatoms. The molecule has 3 amide bonds. The smallest absolute Gasteiger partial charge is 0.421 e. The van der Waals surface area contributed by atoms with Crippen LogP contribution in [0.25, 0.3) is 0 Å². The van der Waals surface area contributed by atoms with Crippen LogP contribution in [-0.2, 0) is 34.0 Å². The van der Waals surface area contributed by atoms with Gasteiger partial charge in [-0.2, -0.15) is 0 Å². The maximum Gasteiger partial charge on any atom is 0.421 e. The molecule has 0 saturated carbocycles. The molecular weight excluding hydrogens is 755 g/mol. The number of cyclic esters (lactones) is 1. The van der Waals surface area contributed by atoms with Crippen molar-refractivity contribution in [3.05, 3.63) is 144 Å². The second kappa shape index (κ2) is 18.1. The Morgan fingerprint density at radius 3 is 2.31 bits per heavy atom. The van der Waals surface area contributed by atoms with Crippen molar-refractivity contribution in [2.75, 3.05) is 51.6 Å². The maximum atomic E-state index is 16.0. The first-order valence-corrected chi connectivity index (χ1v) is 19.4. The first-order valence-electron chi connectivity index (χ1n) is 19.4. The summed E-state index contributed by atoms with van der Waals surface area (Å²) in [5.41, 5.74) is 0.737. The summed E-state index contributed by atoms with van der Waals surface area (Å²) >= 11 is 0. The van der Waals surface area contributed by atoms with Gasteiger partial charge in [0.15, 0.2) is 0 Å². The molecule has 3 N–H and O–H groups in total. The number of esters is 1. The average Bonchev–Trinajstić information content (AvgIpc) is 3.72. The predicted molar refractivity (Wildman–Crippen MR) is 216 cm³/mol. The van der Waals surface area contributed by atoms with E-state index in [0.29, 0.717) is 22.4 Å². The third kappa shape index (κ3) is 7.48. The number of benzene rings is 4. The van der Waals surface area contributed by atoms with Gasteiger partial charge in [0, 0.05) is 25.6 Å². The van der Waals surface area contributed by atoms with Gasteiger partial charge < -0.3 is 34.5 Å². The standard InChI is InChI=1S/C46H45N3O10/c1-3-22-47-42(52)37-39-43(53)59-40(32-16-8-5-9-17-32)38(31-14-6-4-7-15-31)49(39)41(33-18-12-19-34(29-33)57-25-24-51)46(37)35-28-30(13-10-11-23-50)20-21-36(35)48(44(46)54)45(55)58-27-26-56-2/h3-9,12,14-21,28-29,37-41,50-51H,1,11,22-27H2,2H3,(H,47,52). The van der Waals surface area contributed by atoms with Gasteiger partial charge in [0.05, 0.1) is 43.5 Å². The van der Waals surface area contributed by atoms with Crippen LogP contribution in [0.2, 0.25) is 0 Å². The molecule has 3 heterocycles. The molecule has 0 bridgehead atoms. The molecular formula is C46H45N3O10. The molecule has 13 nitrogen and oxygen atoms in total. The molecule has 2 fully saturated rings. The molecule has 304 valence electrons. The number of rotatable bonds is 13. The number of imide groups is 1. The fraction of sp³-hybridized carbons (Fsp3) is 0.304. The number of amides is 3. The van der Waals surface area contributed by atoms with Crippen molar-refractivity contribution in [1.29, 1.82) is 0 Å². The molecule has 2 saturated heterocycles. The van der Waals surface area contributed by atoms with Crippen LogP contribution in [0.5, 0.6) is 5.75 Å². The Bertz CT molecular complexity index is 2260.